The maximum Gasteiger partial charge on any atom is 0.320 e. The number of likely N-dealkylation sites (tertiary alicyclic amines) is 1. The van der Waals surface area contributed by atoms with E-state index >= 15 is 0 Å². The van der Waals surface area contributed by atoms with Gasteiger partial charge in [-0.2, -0.15) is 0 Å². The third-order valence-electron chi connectivity index (χ3n) is 4.20. The van der Waals surface area contributed by atoms with Crippen LogP contribution in [0.25, 0.3) is 0 Å². The molecule has 0 aliphatic carbocycles. The lowest BCUT2D eigenvalue weighted by Crippen LogP contribution is -2.52. The summed E-state index contributed by atoms with van der Waals surface area (Å²) in [6.45, 7) is 11.5. The zero-order valence-electron chi connectivity index (χ0n) is 11.9. The molecule has 2 amide bonds. The predicted molar refractivity (Wildman–Crippen MR) is 71.5 cm³/mol. The monoisotopic (exact) mass is 254 g/mol. The summed E-state index contributed by atoms with van der Waals surface area (Å²) in [7, 11) is 0. The molecule has 2 aliphatic heterocycles. The number of carbonyl (C=O) groups excluding carboxylic acids is 1. The Morgan fingerprint density at radius 3 is 2.39 bits per heavy atom. The quantitative estimate of drug-likeness (QED) is 0.664. The molecule has 104 valence electrons. The van der Waals surface area contributed by atoms with E-state index in [1.807, 2.05) is 9.80 Å². The van der Waals surface area contributed by atoms with Crippen LogP contribution in [0.4, 0.5) is 4.79 Å². The second kappa shape index (κ2) is 5.47. The van der Waals surface area contributed by atoms with Crippen molar-refractivity contribution < 1.29 is 9.53 Å². The van der Waals surface area contributed by atoms with E-state index < -0.39 is 0 Å². The van der Waals surface area contributed by atoms with Crippen LogP contribution >= 0.6 is 0 Å². The Labute approximate surface area is 110 Å². The second-order valence-electron chi connectivity index (χ2n) is 6.53. The Morgan fingerprint density at radius 2 is 1.78 bits per heavy atom. The van der Waals surface area contributed by atoms with Crippen molar-refractivity contribution in [1.29, 1.82) is 0 Å². The molecule has 0 bridgehead atoms. The molecule has 0 spiro atoms. The molecule has 4 heteroatoms. The maximum atomic E-state index is 12.4. The topological polar surface area (TPSA) is 32.8 Å². The fraction of sp³-hybridized carbons (Fsp3) is 0.929. The summed E-state index contributed by atoms with van der Waals surface area (Å²) in [6, 6.07) is 0.215. The van der Waals surface area contributed by atoms with Crippen molar-refractivity contribution >= 4 is 6.03 Å². The molecule has 1 atom stereocenters. The van der Waals surface area contributed by atoms with Crippen LogP contribution in [-0.2, 0) is 4.74 Å². The van der Waals surface area contributed by atoms with Gasteiger partial charge in [0.1, 0.15) is 0 Å². The fourth-order valence-corrected chi connectivity index (χ4v) is 2.81. The average Bonchev–Trinajstić information content (AvgIpc) is 2.38. The summed E-state index contributed by atoms with van der Waals surface area (Å²) >= 11 is 0. The normalized spacial score (nSPS) is 26.3. The number of urea groups is 1. The van der Waals surface area contributed by atoms with Crippen molar-refractivity contribution in [3.63, 3.8) is 0 Å². The third kappa shape index (κ3) is 3.16. The molecule has 0 N–H and O–H groups in total. The van der Waals surface area contributed by atoms with Gasteiger partial charge in [0.05, 0.1) is 13.2 Å². The Bertz CT molecular complexity index is 293. The molecule has 0 aromatic heterocycles. The van der Waals surface area contributed by atoms with Gasteiger partial charge in [0.25, 0.3) is 0 Å². The zero-order valence-corrected chi connectivity index (χ0v) is 11.9. The SMILES string of the molecule is CC(C)(C)C1CCCN(C(=O)N2CCOCC2)C1. The molecular formula is C14H26N2O2. The fourth-order valence-electron chi connectivity index (χ4n) is 2.81. The highest BCUT2D eigenvalue weighted by Crippen LogP contribution is 2.33. The minimum atomic E-state index is 0.215. The summed E-state index contributed by atoms with van der Waals surface area (Å²) < 4.78 is 5.30. The molecule has 2 fully saturated rings. The molecule has 2 rings (SSSR count). The Morgan fingerprint density at radius 1 is 1.11 bits per heavy atom. The van der Waals surface area contributed by atoms with Crippen molar-refractivity contribution in [3.05, 3.63) is 0 Å². The lowest BCUT2D eigenvalue weighted by Gasteiger charge is -2.42. The van der Waals surface area contributed by atoms with Crippen LogP contribution in [0.15, 0.2) is 0 Å². The Balaban J connectivity index is 1.93. The van der Waals surface area contributed by atoms with Gasteiger partial charge < -0.3 is 14.5 Å². The van der Waals surface area contributed by atoms with Crippen molar-refractivity contribution in [2.24, 2.45) is 11.3 Å². The predicted octanol–water partition coefficient (Wildman–Crippen LogP) is 2.20. The van der Waals surface area contributed by atoms with Crippen molar-refractivity contribution in [2.75, 3.05) is 39.4 Å². The summed E-state index contributed by atoms with van der Waals surface area (Å²) in [5.41, 5.74) is 0.296. The molecule has 2 saturated heterocycles. The van der Waals surface area contributed by atoms with E-state index in [0.717, 1.165) is 32.6 Å². The van der Waals surface area contributed by atoms with E-state index in [1.54, 1.807) is 0 Å². The number of amides is 2. The molecule has 0 saturated carbocycles. The summed E-state index contributed by atoms with van der Waals surface area (Å²) in [4.78, 5) is 16.4. The third-order valence-corrected chi connectivity index (χ3v) is 4.20. The molecule has 0 aromatic rings. The first-order valence-corrected chi connectivity index (χ1v) is 7.10. The highest BCUT2D eigenvalue weighted by atomic mass is 16.5. The average molecular weight is 254 g/mol. The lowest BCUT2D eigenvalue weighted by molar-refractivity contribution is 0.0339. The van der Waals surface area contributed by atoms with E-state index in [2.05, 4.69) is 20.8 Å². The van der Waals surface area contributed by atoms with Crippen molar-refractivity contribution in [1.82, 2.24) is 9.80 Å². The van der Waals surface area contributed by atoms with Crippen molar-refractivity contribution in [3.8, 4) is 0 Å². The molecule has 0 aromatic carbocycles. The van der Waals surface area contributed by atoms with Gasteiger partial charge in [-0.15, -0.1) is 0 Å². The smallest absolute Gasteiger partial charge is 0.320 e. The number of ether oxygens (including phenoxy) is 1. The maximum absolute atomic E-state index is 12.4. The molecule has 18 heavy (non-hydrogen) atoms. The van der Waals surface area contributed by atoms with Gasteiger partial charge in [0.15, 0.2) is 0 Å². The molecule has 2 heterocycles. The first-order valence-electron chi connectivity index (χ1n) is 7.10. The number of hydrogen-bond donors (Lipinski definition) is 0. The highest BCUT2D eigenvalue weighted by molar-refractivity contribution is 5.74. The molecule has 0 radical (unpaired) electrons. The lowest BCUT2D eigenvalue weighted by atomic mass is 9.76. The van der Waals surface area contributed by atoms with Crippen molar-refractivity contribution in [2.45, 2.75) is 33.6 Å². The molecular weight excluding hydrogens is 228 g/mol. The largest absolute Gasteiger partial charge is 0.378 e. The van der Waals surface area contributed by atoms with Gasteiger partial charge in [0, 0.05) is 26.2 Å². The van der Waals surface area contributed by atoms with Gasteiger partial charge in [0.2, 0.25) is 0 Å². The molecule has 4 nitrogen and oxygen atoms in total. The minimum absolute atomic E-state index is 0.215. The van der Waals surface area contributed by atoms with Crippen LogP contribution in [0.5, 0.6) is 0 Å². The minimum Gasteiger partial charge on any atom is -0.378 e. The van der Waals surface area contributed by atoms with Crippen LogP contribution in [0.3, 0.4) is 0 Å². The summed E-state index contributed by atoms with van der Waals surface area (Å²) in [6.07, 6.45) is 2.38. The van der Waals surface area contributed by atoms with Crippen LogP contribution in [0.1, 0.15) is 33.6 Å². The van der Waals surface area contributed by atoms with Gasteiger partial charge in [-0.3, -0.25) is 0 Å². The summed E-state index contributed by atoms with van der Waals surface area (Å²) in [5.74, 6) is 0.622. The van der Waals surface area contributed by atoms with Gasteiger partial charge in [-0.05, 0) is 24.2 Å². The van der Waals surface area contributed by atoms with Gasteiger partial charge in [-0.1, -0.05) is 20.8 Å². The first kappa shape index (κ1) is 13.7. The van der Waals surface area contributed by atoms with Gasteiger partial charge in [-0.25, -0.2) is 4.79 Å². The first-order chi connectivity index (χ1) is 8.48. The number of morpholine rings is 1. The van der Waals surface area contributed by atoms with Crippen LogP contribution < -0.4 is 0 Å². The van der Waals surface area contributed by atoms with Crippen LogP contribution in [0, 0.1) is 11.3 Å². The number of carbonyl (C=O) groups is 1. The summed E-state index contributed by atoms with van der Waals surface area (Å²) in [5, 5.41) is 0. The van der Waals surface area contributed by atoms with E-state index in [0.29, 0.717) is 24.5 Å². The number of nitrogens with zero attached hydrogens (tertiary/aromatic N) is 2. The van der Waals surface area contributed by atoms with E-state index in [-0.39, 0.29) is 6.03 Å². The standard InChI is InChI=1S/C14H26N2O2/c1-14(2,3)12-5-4-6-16(11-12)13(17)15-7-9-18-10-8-15/h12H,4-11H2,1-3H3. The molecule has 1 unspecified atom stereocenters. The zero-order chi connectivity index (χ0) is 13.2. The van der Waals surface area contributed by atoms with E-state index in [9.17, 15) is 4.79 Å². The highest BCUT2D eigenvalue weighted by Gasteiger charge is 2.33. The Hall–Kier alpha value is -0.770. The van der Waals surface area contributed by atoms with E-state index in [4.69, 9.17) is 4.74 Å². The second-order valence-corrected chi connectivity index (χ2v) is 6.53. The van der Waals surface area contributed by atoms with Gasteiger partial charge >= 0.3 is 6.03 Å². The Kier molecular flexibility index (Phi) is 4.15. The number of hydrogen-bond acceptors (Lipinski definition) is 2. The van der Waals surface area contributed by atoms with E-state index in [1.165, 1.54) is 6.42 Å². The molecule has 2 aliphatic rings. The number of rotatable bonds is 0. The van der Waals surface area contributed by atoms with Crippen LogP contribution in [0.2, 0.25) is 0 Å². The number of piperidine rings is 1. The van der Waals surface area contributed by atoms with Crippen LogP contribution in [-0.4, -0.2) is 55.2 Å².